The molecule has 1 aromatic rings. The van der Waals surface area contributed by atoms with Gasteiger partial charge in [-0.15, -0.1) is 4.90 Å². The number of benzene rings is 1. The Kier molecular flexibility index (Phi) is 7.71. The fourth-order valence-corrected chi connectivity index (χ4v) is 2.00. The van der Waals surface area contributed by atoms with E-state index < -0.39 is 41.9 Å². The minimum atomic E-state index is -3.38. The quantitative estimate of drug-likeness (QED) is 0.516. The van der Waals surface area contributed by atoms with E-state index in [4.69, 9.17) is 14.2 Å². The zero-order valence-corrected chi connectivity index (χ0v) is 17.8. The second kappa shape index (κ2) is 9.19. The molecule has 0 spiro atoms. The Bertz CT molecular complexity index is 709. The van der Waals surface area contributed by atoms with Crippen LogP contribution in [-0.4, -0.2) is 48.0 Å². The van der Waals surface area contributed by atoms with Gasteiger partial charge in [0, 0.05) is 12.6 Å². The van der Waals surface area contributed by atoms with Crippen molar-refractivity contribution in [3.05, 3.63) is 35.9 Å². The van der Waals surface area contributed by atoms with Crippen molar-refractivity contribution >= 4 is 18.2 Å². The number of amides is 2. The van der Waals surface area contributed by atoms with E-state index in [-0.39, 0.29) is 5.56 Å². The number of imide groups is 1. The van der Waals surface area contributed by atoms with Gasteiger partial charge in [0.25, 0.3) is 0 Å². The lowest BCUT2D eigenvalue weighted by molar-refractivity contribution is -0.0566. The highest BCUT2D eigenvalue weighted by Gasteiger charge is 2.39. The van der Waals surface area contributed by atoms with Crippen LogP contribution in [0.3, 0.4) is 0 Å². The standard InChI is InChI=1S/C20H28F2N2O5/c1-18(2,3)28-16(25)24(17(26)29-19(4,5)6)15(23-7)27-13-20(21,22)14-11-9-8-10-12-14/h8-12H,13H2,1-7H3. The minimum absolute atomic E-state index is 0.281. The summed E-state index contributed by atoms with van der Waals surface area (Å²) in [6.45, 7) is 8.38. The Labute approximate surface area is 169 Å². The molecule has 0 fully saturated rings. The molecular formula is C20H28F2N2O5. The van der Waals surface area contributed by atoms with Crippen molar-refractivity contribution in [2.24, 2.45) is 4.99 Å². The van der Waals surface area contributed by atoms with Crippen molar-refractivity contribution in [2.45, 2.75) is 58.7 Å². The summed E-state index contributed by atoms with van der Waals surface area (Å²) in [4.78, 5) is 29.1. The fourth-order valence-electron chi connectivity index (χ4n) is 2.00. The van der Waals surface area contributed by atoms with E-state index in [1.165, 1.54) is 31.3 Å². The second-order valence-electron chi connectivity index (χ2n) is 8.16. The van der Waals surface area contributed by atoms with Gasteiger partial charge in [0.15, 0.2) is 6.61 Å². The maximum Gasteiger partial charge on any atom is 0.428 e. The van der Waals surface area contributed by atoms with Crippen LogP contribution in [-0.2, 0) is 20.1 Å². The summed E-state index contributed by atoms with van der Waals surface area (Å²) < 4.78 is 44.3. The van der Waals surface area contributed by atoms with Crippen molar-refractivity contribution < 1.29 is 32.6 Å². The predicted octanol–water partition coefficient (Wildman–Crippen LogP) is 4.95. The first-order chi connectivity index (χ1) is 13.2. The molecule has 0 radical (unpaired) electrons. The molecule has 1 aromatic carbocycles. The minimum Gasteiger partial charge on any atom is -0.458 e. The molecule has 1 rings (SSSR count). The van der Waals surface area contributed by atoms with Gasteiger partial charge in [-0.25, -0.2) is 14.6 Å². The summed E-state index contributed by atoms with van der Waals surface area (Å²) >= 11 is 0. The molecule has 0 heterocycles. The van der Waals surface area contributed by atoms with Crippen molar-refractivity contribution in [1.29, 1.82) is 0 Å². The second-order valence-corrected chi connectivity index (χ2v) is 8.16. The average molecular weight is 414 g/mol. The molecule has 0 saturated carbocycles. The maximum atomic E-state index is 14.4. The first-order valence-electron chi connectivity index (χ1n) is 8.95. The predicted molar refractivity (Wildman–Crippen MR) is 104 cm³/mol. The largest absolute Gasteiger partial charge is 0.458 e. The van der Waals surface area contributed by atoms with Crippen LogP contribution in [0.1, 0.15) is 47.1 Å². The average Bonchev–Trinajstić information content (AvgIpc) is 2.55. The van der Waals surface area contributed by atoms with Crippen LogP contribution in [0.15, 0.2) is 35.3 Å². The molecule has 0 aliphatic carbocycles. The number of carbonyl (C=O) groups excluding carboxylic acids is 2. The van der Waals surface area contributed by atoms with Crippen LogP contribution in [0.4, 0.5) is 18.4 Å². The Morgan fingerprint density at radius 2 is 1.38 bits per heavy atom. The van der Waals surface area contributed by atoms with Gasteiger partial charge < -0.3 is 14.2 Å². The summed E-state index contributed by atoms with van der Waals surface area (Å²) in [6.07, 6.45) is -2.31. The summed E-state index contributed by atoms with van der Waals surface area (Å²) in [5.41, 5.74) is -2.19. The molecule has 0 bridgehead atoms. The monoisotopic (exact) mass is 414 g/mol. The number of hydrogen-bond acceptors (Lipinski definition) is 6. The molecule has 0 atom stereocenters. The van der Waals surface area contributed by atoms with Crippen LogP contribution in [0.2, 0.25) is 0 Å². The molecule has 9 heteroatoms. The number of aliphatic imine (C=N–C) groups is 1. The molecule has 0 aliphatic rings. The Morgan fingerprint density at radius 3 is 1.76 bits per heavy atom. The van der Waals surface area contributed by atoms with Gasteiger partial charge in [0.1, 0.15) is 11.2 Å². The van der Waals surface area contributed by atoms with E-state index in [0.29, 0.717) is 4.90 Å². The maximum absolute atomic E-state index is 14.4. The molecule has 2 amide bonds. The van der Waals surface area contributed by atoms with Gasteiger partial charge in [-0.2, -0.15) is 8.78 Å². The highest BCUT2D eigenvalue weighted by molar-refractivity contribution is 6.05. The van der Waals surface area contributed by atoms with Gasteiger partial charge in [-0.3, -0.25) is 0 Å². The van der Waals surface area contributed by atoms with E-state index in [1.54, 1.807) is 47.6 Å². The highest BCUT2D eigenvalue weighted by atomic mass is 19.3. The van der Waals surface area contributed by atoms with Crippen LogP contribution >= 0.6 is 0 Å². The molecule has 0 saturated heterocycles. The Morgan fingerprint density at radius 1 is 0.931 bits per heavy atom. The number of amidine groups is 1. The first-order valence-corrected chi connectivity index (χ1v) is 8.95. The van der Waals surface area contributed by atoms with Gasteiger partial charge in [0.05, 0.1) is 0 Å². The summed E-state index contributed by atoms with van der Waals surface area (Å²) in [5.74, 6) is -3.38. The van der Waals surface area contributed by atoms with E-state index in [0.717, 1.165) is 0 Å². The van der Waals surface area contributed by atoms with Crippen LogP contribution in [0, 0.1) is 0 Å². The highest BCUT2D eigenvalue weighted by Crippen LogP contribution is 2.28. The smallest absolute Gasteiger partial charge is 0.428 e. The van der Waals surface area contributed by atoms with E-state index in [9.17, 15) is 18.4 Å². The van der Waals surface area contributed by atoms with Crippen LogP contribution in [0.5, 0.6) is 0 Å². The summed E-state index contributed by atoms with van der Waals surface area (Å²) in [5, 5.41) is 0. The topological polar surface area (TPSA) is 77.4 Å². The number of nitrogens with zero attached hydrogens (tertiary/aromatic N) is 2. The Balaban J connectivity index is 3.10. The van der Waals surface area contributed by atoms with Crippen molar-refractivity contribution in [2.75, 3.05) is 13.7 Å². The molecule has 29 heavy (non-hydrogen) atoms. The third kappa shape index (κ3) is 8.05. The van der Waals surface area contributed by atoms with Crippen LogP contribution < -0.4 is 0 Å². The normalized spacial score (nSPS) is 12.9. The molecule has 0 aromatic heterocycles. The Hall–Kier alpha value is -2.71. The third-order valence-corrected chi connectivity index (χ3v) is 3.11. The zero-order chi connectivity index (χ0) is 22.5. The number of ether oxygens (including phenoxy) is 3. The fraction of sp³-hybridized carbons (Fsp3) is 0.550. The molecular weight excluding hydrogens is 386 g/mol. The molecule has 7 nitrogen and oxygen atoms in total. The lowest BCUT2D eigenvalue weighted by Crippen LogP contribution is -2.48. The lowest BCUT2D eigenvalue weighted by atomic mass is 10.1. The summed E-state index contributed by atoms with van der Waals surface area (Å²) in [7, 11) is 1.19. The van der Waals surface area contributed by atoms with E-state index >= 15 is 0 Å². The lowest BCUT2D eigenvalue weighted by Gasteiger charge is -2.29. The number of halogens is 2. The van der Waals surface area contributed by atoms with Gasteiger partial charge in [0.2, 0.25) is 0 Å². The number of carbonyl (C=O) groups is 2. The molecule has 0 aliphatic heterocycles. The van der Waals surface area contributed by atoms with Crippen molar-refractivity contribution in [1.82, 2.24) is 4.90 Å². The molecule has 0 unspecified atom stereocenters. The van der Waals surface area contributed by atoms with Crippen LogP contribution in [0.25, 0.3) is 0 Å². The number of hydrogen-bond donors (Lipinski definition) is 0. The van der Waals surface area contributed by atoms with Gasteiger partial charge >= 0.3 is 24.1 Å². The number of rotatable bonds is 3. The van der Waals surface area contributed by atoms with Gasteiger partial charge in [-0.05, 0) is 41.5 Å². The summed E-state index contributed by atoms with van der Waals surface area (Å²) in [6, 6.07) is 6.35. The SMILES string of the molecule is CN=C(OCC(F)(F)c1ccccc1)N(C(=O)OC(C)(C)C)C(=O)OC(C)(C)C. The zero-order valence-electron chi connectivity index (χ0n) is 17.8. The number of alkyl halides is 2. The van der Waals surface area contributed by atoms with Crippen molar-refractivity contribution in [3.63, 3.8) is 0 Å². The third-order valence-electron chi connectivity index (χ3n) is 3.11. The van der Waals surface area contributed by atoms with Crippen molar-refractivity contribution in [3.8, 4) is 0 Å². The van der Waals surface area contributed by atoms with E-state index in [2.05, 4.69) is 4.99 Å². The van der Waals surface area contributed by atoms with Gasteiger partial charge in [-0.1, -0.05) is 30.3 Å². The molecule has 162 valence electrons. The first kappa shape index (κ1) is 24.3. The van der Waals surface area contributed by atoms with E-state index in [1.807, 2.05) is 0 Å². The molecule has 0 N–H and O–H groups in total.